The summed E-state index contributed by atoms with van der Waals surface area (Å²) < 4.78 is 7.36. The molecule has 1 N–H and O–H groups in total. The first-order valence-electron chi connectivity index (χ1n) is 7.34. The fourth-order valence-corrected chi connectivity index (χ4v) is 2.44. The first kappa shape index (κ1) is 14.1. The largest absolute Gasteiger partial charge is 0.488 e. The molecule has 2 heterocycles. The summed E-state index contributed by atoms with van der Waals surface area (Å²) in [7, 11) is 0. The Balaban J connectivity index is 1.99. The van der Waals surface area contributed by atoms with Gasteiger partial charge in [-0.15, -0.1) is 0 Å². The second-order valence-corrected chi connectivity index (χ2v) is 5.23. The Morgan fingerprint density at radius 1 is 1.42 bits per heavy atom. The molecule has 1 aliphatic rings. The van der Waals surface area contributed by atoms with Gasteiger partial charge in [-0.1, -0.05) is 13.3 Å². The van der Waals surface area contributed by atoms with E-state index in [1.807, 2.05) is 12.3 Å². The minimum absolute atomic E-state index is 0.0112. The lowest BCUT2D eigenvalue weighted by Gasteiger charge is -2.23. The van der Waals surface area contributed by atoms with E-state index >= 15 is 0 Å². The van der Waals surface area contributed by atoms with Crippen molar-refractivity contribution in [1.82, 2.24) is 9.88 Å². The van der Waals surface area contributed by atoms with Crippen LogP contribution in [0, 0.1) is 5.92 Å². The third-order valence-electron chi connectivity index (χ3n) is 3.65. The highest BCUT2D eigenvalue weighted by Gasteiger charge is 2.14. The highest BCUT2D eigenvalue weighted by molar-refractivity contribution is 5.17. The number of piperidine rings is 1. The number of unbranched alkanes of at least 4 members (excludes halogenated alkanes) is 1. The number of aromatic nitrogens is 1. The van der Waals surface area contributed by atoms with Gasteiger partial charge in [-0.3, -0.25) is 4.79 Å². The van der Waals surface area contributed by atoms with Gasteiger partial charge >= 0.3 is 0 Å². The minimum atomic E-state index is 0.0112. The lowest BCUT2D eigenvalue weighted by molar-refractivity contribution is 0.294. The van der Waals surface area contributed by atoms with Crippen molar-refractivity contribution >= 4 is 0 Å². The molecule has 0 spiro atoms. The molecule has 2 rings (SSSR count). The molecule has 0 unspecified atom stereocenters. The maximum atomic E-state index is 12.3. The minimum Gasteiger partial charge on any atom is -0.488 e. The van der Waals surface area contributed by atoms with E-state index in [1.54, 1.807) is 10.6 Å². The Labute approximate surface area is 114 Å². The first-order chi connectivity index (χ1) is 9.31. The number of rotatable bonds is 6. The Morgan fingerprint density at radius 2 is 2.21 bits per heavy atom. The molecule has 0 atom stereocenters. The molecule has 0 saturated carbocycles. The van der Waals surface area contributed by atoms with Gasteiger partial charge in [-0.2, -0.15) is 0 Å². The lowest BCUT2D eigenvalue weighted by atomic mass is 9.98. The highest BCUT2D eigenvalue weighted by atomic mass is 16.5. The van der Waals surface area contributed by atoms with E-state index in [-0.39, 0.29) is 5.56 Å². The van der Waals surface area contributed by atoms with Crippen LogP contribution in [-0.2, 0) is 6.54 Å². The van der Waals surface area contributed by atoms with Crippen LogP contribution < -0.4 is 15.6 Å². The number of hydrogen-bond acceptors (Lipinski definition) is 3. The quantitative estimate of drug-likeness (QED) is 0.799. The van der Waals surface area contributed by atoms with E-state index in [0.717, 1.165) is 45.3 Å². The van der Waals surface area contributed by atoms with Gasteiger partial charge in [0.1, 0.15) is 0 Å². The van der Waals surface area contributed by atoms with Crippen LogP contribution in [0.15, 0.2) is 23.1 Å². The Hall–Kier alpha value is -1.29. The van der Waals surface area contributed by atoms with Crippen molar-refractivity contribution in [3.8, 4) is 5.75 Å². The summed E-state index contributed by atoms with van der Waals surface area (Å²) in [6, 6.07) is 3.68. The fourth-order valence-electron chi connectivity index (χ4n) is 2.44. The van der Waals surface area contributed by atoms with Crippen LogP contribution in [0.3, 0.4) is 0 Å². The molecule has 106 valence electrons. The average Bonchev–Trinajstić information content (AvgIpc) is 2.44. The Bertz CT molecular complexity index is 436. The van der Waals surface area contributed by atoms with Gasteiger partial charge in [-0.05, 0) is 50.4 Å². The summed E-state index contributed by atoms with van der Waals surface area (Å²) in [5.41, 5.74) is 0.0112. The number of nitrogens with one attached hydrogen (secondary N) is 1. The van der Waals surface area contributed by atoms with Gasteiger partial charge in [0, 0.05) is 12.7 Å². The molecule has 4 heteroatoms. The Kier molecular flexibility index (Phi) is 5.45. The predicted octanol–water partition coefficient (Wildman–Crippen LogP) is 2.03. The van der Waals surface area contributed by atoms with Crippen LogP contribution >= 0.6 is 0 Å². The molecule has 4 nitrogen and oxygen atoms in total. The zero-order chi connectivity index (χ0) is 13.5. The summed E-state index contributed by atoms with van der Waals surface area (Å²) >= 11 is 0. The monoisotopic (exact) mass is 264 g/mol. The van der Waals surface area contributed by atoms with Gasteiger partial charge in [0.2, 0.25) is 0 Å². The molecule has 0 bridgehead atoms. The van der Waals surface area contributed by atoms with Gasteiger partial charge in [0.15, 0.2) is 5.75 Å². The first-order valence-corrected chi connectivity index (χ1v) is 7.34. The molecule has 0 radical (unpaired) electrons. The van der Waals surface area contributed by atoms with E-state index < -0.39 is 0 Å². The summed E-state index contributed by atoms with van der Waals surface area (Å²) in [6.45, 7) is 5.68. The van der Waals surface area contributed by atoms with Gasteiger partial charge in [-0.25, -0.2) is 0 Å². The molecular formula is C15H24N2O2. The van der Waals surface area contributed by atoms with Crippen LogP contribution in [0.1, 0.15) is 32.6 Å². The van der Waals surface area contributed by atoms with Crippen molar-refractivity contribution in [2.75, 3.05) is 19.7 Å². The molecule has 0 amide bonds. The topological polar surface area (TPSA) is 43.3 Å². The third-order valence-corrected chi connectivity index (χ3v) is 3.65. The number of nitrogens with zero attached hydrogens (tertiary/aromatic N) is 1. The average molecular weight is 264 g/mol. The van der Waals surface area contributed by atoms with Crippen LogP contribution in [0.25, 0.3) is 0 Å². The Morgan fingerprint density at radius 3 is 2.95 bits per heavy atom. The molecule has 1 aromatic heterocycles. The zero-order valence-corrected chi connectivity index (χ0v) is 11.7. The van der Waals surface area contributed by atoms with E-state index in [0.29, 0.717) is 18.3 Å². The number of hydrogen-bond donors (Lipinski definition) is 1. The van der Waals surface area contributed by atoms with Crippen molar-refractivity contribution in [2.45, 2.75) is 39.2 Å². The molecule has 1 aromatic rings. The molecule has 1 saturated heterocycles. The standard InChI is InChI=1S/C15H24N2O2/c1-2-3-11-19-14-5-4-10-17(15(14)18)12-13-6-8-16-9-7-13/h4-5,10,13,16H,2-3,6-9,11-12H2,1H3. The van der Waals surface area contributed by atoms with E-state index in [4.69, 9.17) is 4.74 Å². The number of pyridine rings is 1. The van der Waals surface area contributed by atoms with Gasteiger partial charge in [0.25, 0.3) is 5.56 Å². The van der Waals surface area contributed by atoms with Crippen molar-refractivity contribution in [2.24, 2.45) is 5.92 Å². The zero-order valence-electron chi connectivity index (χ0n) is 11.7. The molecular weight excluding hydrogens is 240 g/mol. The molecule has 1 fully saturated rings. The van der Waals surface area contributed by atoms with Crippen LogP contribution in [0.4, 0.5) is 0 Å². The van der Waals surface area contributed by atoms with E-state index in [2.05, 4.69) is 12.2 Å². The van der Waals surface area contributed by atoms with Crippen molar-refractivity contribution in [1.29, 1.82) is 0 Å². The SMILES string of the molecule is CCCCOc1cccn(CC2CCNCC2)c1=O. The summed E-state index contributed by atoms with van der Waals surface area (Å²) in [6.07, 6.45) is 6.23. The van der Waals surface area contributed by atoms with E-state index in [1.165, 1.54) is 0 Å². The summed E-state index contributed by atoms with van der Waals surface area (Å²) in [5.74, 6) is 1.09. The maximum absolute atomic E-state index is 12.3. The van der Waals surface area contributed by atoms with Crippen LogP contribution in [0.5, 0.6) is 5.75 Å². The maximum Gasteiger partial charge on any atom is 0.292 e. The second-order valence-electron chi connectivity index (χ2n) is 5.23. The summed E-state index contributed by atoms with van der Waals surface area (Å²) in [5, 5.41) is 3.35. The van der Waals surface area contributed by atoms with Gasteiger partial charge < -0.3 is 14.6 Å². The van der Waals surface area contributed by atoms with Crippen LogP contribution in [-0.4, -0.2) is 24.3 Å². The lowest BCUT2D eigenvalue weighted by Crippen LogP contribution is -2.32. The highest BCUT2D eigenvalue weighted by Crippen LogP contribution is 2.14. The molecule has 19 heavy (non-hydrogen) atoms. The predicted molar refractivity (Wildman–Crippen MR) is 76.7 cm³/mol. The third kappa shape index (κ3) is 4.10. The second kappa shape index (κ2) is 7.34. The molecule has 0 aromatic carbocycles. The van der Waals surface area contributed by atoms with E-state index in [9.17, 15) is 4.79 Å². The molecule has 1 aliphatic heterocycles. The smallest absolute Gasteiger partial charge is 0.292 e. The van der Waals surface area contributed by atoms with Gasteiger partial charge in [0.05, 0.1) is 6.61 Å². The van der Waals surface area contributed by atoms with Crippen molar-refractivity contribution in [3.05, 3.63) is 28.7 Å². The summed E-state index contributed by atoms with van der Waals surface area (Å²) in [4.78, 5) is 12.3. The fraction of sp³-hybridized carbons (Fsp3) is 0.667. The van der Waals surface area contributed by atoms with Crippen LogP contribution in [0.2, 0.25) is 0 Å². The normalized spacial score (nSPS) is 16.5. The van der Waals surface area contributed by atoms with Crippen molar-refractivity contribution in [3.63, 3.8) is 0 Å². The molecule has 0 aliphatic carbocycles. The number of ether oxygens (including phenoxy) is 1. The van der Waals surface area contributed by atoms with Crippen molar-refractivity contribution < 1.29 is 4.74 Å².